The number of carbonyl (C=O) groups excluding carboxylic acids is 1. The Labute approximate surface area is 111 Å². The molecule has 0 aromatic rings. The van der Waals surface area contributed by atoms with Crippen LogP contribution in [0, 0.1) is 5.41 Å². The molecule has 3 N–H and O–H groups in total. The van der Waals surface area contributed by atoms with Gasteiger partial charge in [-0.05, 0) is 26.7 Å². The summed E-state index contributed by atoms with van der Waals surface area (Å²) in [6.07, 6.45) is 2.55. The first-order valence-corrected chi connectivity index (χ1v) is 7.03. The number of hydrogen-bond donors (Lipinski definition) is 3. The zero-order chi connectivity index (χ0) is 13.9. The lowest BCUT2D eigenvalue weighted by molar-refractivity contribution is -0.126. The molecule has 0 heterocycles. The van der Waals surface area contributed by atoms with Gasteiger partial charge >= 0.3 is 0 Å². The van der Waals surface area contributed by atoms with Crippen LogP contribution in [0.4, 0.5) is 0 Å². The van der Waals surface area contributed by atoms with Gasteiger partial charge in [-0.2, -0.15) is 0 Å². The molecule has 1 aliphatic carbocycles. The first kappa shape index (κ1) is 15.4. The molecule has 4 unspecified atom stereocenters. The van der Waals surface area contributed by atoms with Crippen molar-refractivity contribution < 1.29 is 9.90 Å². The molecule has 106 valence electrons. The van der Waals surface area contributed by atoms with E-state index in [4.69, 9.17) is 0 Å². The van der Waals surface area contributed by atoms with Crippen LogP contribution in [0.3, 0.4) is 0 Å². The first-order valence-electron chi connectivity index (χ1n) is 7.03. The summed E-state index contributed by atoms with van der Waals surface area (Å²) in [7, 11) is 0. The van der Waals surface area contributed by atoms with Crippen LogP contribution in [0.25, 0.3) is 0 Å². The minimum atomic E-state index is -0.260. The van der Waals surface area contributed by atoms with E-state index in [2.05, 4.69) is 17.6 Å². The zero-order valence-electron chi connectivity index (χ0n) is 12.3. The molecule has 4 atom stereocenters. The molecule has 0 bridgehead atoms. The lowest BCUT2D eigenvalue weighted by Crippen LogP contribution is -2.63. The van der Waals surface area contributed by atoms with Gasteiger partial charge < -0.3 is 15.7 Å². The van der Waals surface area contributed by atoms with Gasteiger partial charge in [0.25, 0.3) is 0 Å². The third-order valence-electron chi connectivity index (χ3n) is 4.17. The van der Waals surface area contributed by atoms with Crippen molar-refractivity contribution in [1.82, 2.24) is 10.6 Å². The maximum Gasteiger partial charge on any atom is 0.237 e. The molecule has 4 heteroatoms. The fourth-order valence-corrected chi connectivity index (χ4v) is 2.44. The molecule has 0 spiro atoms. The summed E-state index contributed by atoms with van der Waals surface area (Å²) in [6.45, 7) is 10.1. The summed E-state index contributed by atoms with van der Waals surface area (Å²) in [6, 6.07) is 0.238. The van der Waals surface area contributed by atoms with Gasteiger partial charge in [0.2, 0.25) is 5.91 Å². The zero-order valence-corrected chi connectivity index (χ0v) is 12.3. The Morgan fingerprint density at radius 1 is 1.44 bits per heavy atom. The fourth-order valence-electron chi connectivity index (χ4n) is 2.44. The van der Waals surface area contributed by atoms with Crippen molar-refractivity contribution in [3.8, 4) is 0 Å². The molecule has 0 radical (unpaired) electrons. The van der Waals surface area contributed by atoms with E-state index in [1.54, 1.807) is 0 Å². The number of rotatable bonds is 6. The van der Waals surface area contributed by atoms with Crippen molar-refractivity contribution in [1.29, 1.82) is 0 Å². The molecular formula is C14H28N2O2. The SMILES string of the molecule is CCCC(C)NC(=O)C(C)NC1CC(O)C1(C)C. The van der Waals surface area contributed by atoms with Gasteiger partial charge in [-0.25, -0.2) is 0 Å². The topological polar surface area (TPSA) is 61.4 Å². The molecular weight excluding hydrogens is 228 g/mol. The van der Waals surface area contributed by atoms with E-state index in [-0.39, 0.29) is 35.6 Å². The van der Waals surface area contributed by atoms with Crippen molar-refractivity contribution >= 4 is 5.91 Å². The van der Waals surface area contributed by atoms with Crippen molar-refractivity contribution in [2.75, 3.05) is 0 Å². The summed E-state index contributed by atoms with van der Waals surface area (Å²) in [5.41, 5.74) is -0.135. The van der Waals surface area contributed by atoms with Crippen LogP contribution in [0.2, 0.25) is 0 Å². The highest BCUT2D eigenvalue weighted by molar-refractivity contribution is 5.81. The Morgan fingerprint density at radius 3 is 2.50 bits per heavy atom. The van der Waals surface area contributed by atoms with E-state index < -0.39 is 0 Å². The predicted molar refractivity (Wildman–Crippen MR) is 73.3 cm³/mol. The highest BCUT2D eigenvalue weighted by Crippen LogP contribution is 2.40. The number of hydrogen-bond acceptors (Lipinski definition) is 3. The molecule has 0 aliphatic heterocycles. The van der Waals surface area contributed by atoms with Crippen LogP contribution >= 0.6 is 0 Å². The van der Waals surface area contributed by atoms with Crippen LogP contribution < -0.4 is 10.6 Å². The van der Waals surface area contributed by atoms with E-state index in [9.17, 15) is 9.90 Å². The van der Waals surface area contributed by atoms with E-state index in [1.807, 2.05) is 27.7 Å². The van der Waals surface area contributed by atoms with E-state index >= 15 is 0 Å². The average Bonchev–Trinajstić information content (AvgIpc) is 2.28. The maximum absolute atomic E-state index is 12.0. The number of nitrogens with one attached hydrogen (secondary N) is 2. The van der Waals surface area contributed by atoms with Gasteiger partial charge in [-0.1, -0.05) is 27.2 Å². The lowest BCUT2D eigenvalue weighted by atomic mass is 9.64. The molecule has 18 heavy (non-hydrogen) atoms. The highest BCUT2D eigenvalue weighted by atomic mass is 16.3. The molecule has 1 saturated carbocycles. The Hall–Kier alpha value is -0.610. The summed E-state index contributed by atoms with van der Waals surface area (Å²) >= 11 is 0. The average molecular weight is 256 g/mol. The predicted octanol–water partition coefficient (Wildman–Crippen LogP) is 1.43. The molecule has 1 rings (SSSR count). The van der Waals surface area contributed by atoms with Gasteiger partial charge in [0.05, 0.1) is 12.1 Å². The third-order valence-corrected chi connectivity index (χ3v) is 4.17. The van der Waals surface area contributed by atoms with Crippen LogP contribution in [0.1, 0.15) is 53.9 Å². The van der Waals surface area contributed by atoms with Crippen LogP contribution in [0.15, 0.2) is 0 Å². The van der Waals surface area contributed by atoms with Gasteiger partial charge in [-0.3, -0.25) is 4.79 Å². The second kappa shape index (κ2) is 6.02. The van der Waals surface area contributed by atoms with Crippen LogP contribution in [-0.2, 0) is 4.79 Å². The van der Waals surface area contributed by atoms with Gasteiger partial charge in [-0.15, -0.1) is 0 Å². The normalized spacial score (nSPS) is 29.2. The molecule has 1 aliphatic rings. The summed E-state index contributed by atoms with van der Waals surface area (Å²) < 4.78 is 0. The number of aliphatic hydroxyl groups excluding tert-OH is 1. The Balaban J connectivity index is 2.37. The van der Waals surface area contributed by atoms with Gasteiger partial charge in [0.15, 0.2) is 0 Å². The molecule has 1 amide bonds. The molecule has 0 aromatic heterocycles. The largest absolute Gasteiger partial charge is 0.392 e. The number of aliphatic hydroxyl groups is 1. The molecule has 1 fully saturated rings. The van der Waals surface area contributed by atoms with E-state index in [1.165, 1.54) is 0 Å². The van der Waals surface area contributed by atoms with Gasteiger partial charge in [0.1, 0.15) is 0 Å². The van der Waals surface area contributed by atoms with Crippen molar-refractivity contribution in [2.45, 2.75) is 78.1 Å². The van der Waals surface area contributed by atoms with E-state index in [0.29, 0.717) is 0 Å². The molecule has 0 saturated heterocycles. The summed E-state index contributed by atoms with van der Waals surface area (Å²) in [4.78, 5) is 12.0. The maximum atomic E-state index is 12.0. The van der Waals surface area contributed by atoms with Crippen LogP contribution in [0.5, 0.6) is 0 Å². The van der Waals surface area contributed by atoms with Crippen molar-refractivity contribution in [3.05, 3.63) is 0 Å². The van der Waals surface area contributed by atoms with E-state index in [0.717, 1.165) is 19.3 Å². The number of amides is 1. The minimum absolute atomic E-state index is 0.0492. The second-order valence-electron chi connectivity index (χ2n) is 6.21. The summed E-state index contributed by atoms with van der Waals surface area (Å²) in [5, 5.41) is 16.0. The lowest BCUT2D eigenvalue weighted by Gasteiger charge is -2.50. The smallest absolute Gasteiger partial charge is 0.237 e. The Kier molecular flexibility index (Phi) is 5.17. The molecule has 0 aromatic carbocycles. The third kappa shape index (κ3) is 3.45. The summed E-state index contributed by atoms with van der Waals surface area (Å²) in [5.74, 6) is 0.0492. The second-order valence-corrected chi connectivity index (χ2v) is 6.21. The molecule has 4 nitrogen and oxygen atoms in total. The monoisotopic (exact) mass is 256 g/mol. The Bertz CT molecular complexity index is 292. The quantitative estimate of drug-likeness (QED) is 0.674. The van der Waals surface area contributed by atoms with Crippen molar-refractivity contribution in [3.63, 3.8) is 0 Å². The van der Waals surface area contributed by atoms with Gasteiger partial charge in [0, 0.05) is 17.5 Å². The fraction of sp³-hybridized carbons (Fsp3) is 0.929. The first-order chi connectivity index (χ1) is 8.28. The van der Waals surface area contributed by atoms with Crippen LogP contribution in [-0.4, -0.2) is 35.2 Å². The Morgan fingerprint density at radius 2 is 2.06 bits per heavy atom. The van der Waals surface area contributed by atoms with Crippen molar-refractivity contribution in [2.24, 2.45) is 5.41 Å². The number of carbonyl (C=O) groups is 1. The highest BCUT2D eigenvalue weighted by Gasteiger charge is 2.47. The standard InChI is InChI=1S/C14H28N2O2/c1-6-7-9(2)15-13(18)10(3)16-11-8-12(17)14(11,4)5/h9-12,16-17H,6-8H2,1-5H3,(H,15,18). The minimum Gasteiger partial charge on any atom is -0.392 e.